The van der Waals surface area contributed by atoms with Gasteiger partial charge in [0.2, 0.25) is 10.0 Å². The van der Waals surface area contributed by atoms with Gasteiger partial charge in [-0.25, -0.2) is 13.1 Å². The number of aryl methyl sites for hydroxylation is 2. The van der Waals surface area contributed by atoms with Crippen molar-refractivity contribution in [2.45, 2.75) is 37.6 Å². The van der Waals surface area contributed by atoms with E-state index in [2.05, 4.69) is 4.72 Å². The van der Waals surface area contributed by atoms with Crippen LogP contribution in [-0.2, 0) is 10.0 Å². The number of carbonyl (C=O) groups is 1. The van der Waals surface area contributed by atoms with E-state index in [4.69, 9.17) is 9.47 Å². The molecule has 7 nitrogen and oxygen atoms in total. The van der Waals surface area contributed by atoms with Crippen LogP contribution >= 0.6 is 0 Å². The van der Waals surface area contributed by atoms with Gasteiger partial charge in [0.25, 0.3) is 5.91 Å². The van der Waals surface area contributed by atoms with Gasteiger partial charge in [0.05, 0.1) is 19.1 Å². The Balaban J connectivity index is 1.63. The summed E-state index contributed by atoms with van der Waals surface area (Å²) < 4.78 is 38.7. The average Bonchev–Trinajstić information content (AvgIpc) is 2.74. The Bertz CT molecular complexity index is 1030. The van der Waals surface area contributed by atoms with Gasteiger partial charge in [-0.15, -0.1) is 0 Å². The van der Waals surface area contributed by atoms with Gasteiger partial charge in [0.1, 0.15) is 0 Å². The van der Waals surface area contributed by atoms with Crippen LogP contribution in [0.4, 0.5) is 0 Å². The highest BCUT2D eigenvalue weighted by Gasteiger charge is 2.27. The predicted octanol–water partition coefficient (Wildman–Crippen LogP) is 2.90. The Morgan fingerprint density at radius 1 is 0.967 bits per heavy atom. The molecule has 0 spiro atoms. The lowest BCUT2D eigenvalue weighted by Crippen LogP contribution is -2.46. The van der Waals surface area contributed by atoms with Gasteiger partial charge < -0.3 is 14.4 Å². The van der Waals surface area contributed by atoms with Gasteiger partial charge >= 0.3 is 0 Å². The number of ether oxygens (including phenoxy) is 2. The molecule has 3 rings (SSSR count). The molecular weight excluding hydrogens is 404 g/mol. The molecule has 8 heteroatoms. The first-order valence-electron chi connectivity index (χ1n) is 9.86. The third-order valence-electron chi connectivity index (χ3n) is 5.52. The van der Waals surface area contributed by atoms with Crippen molar-refractivity contribution in [3.8, 4) is 11.5 Å². The first kappa shape index (κ1) is 22.1. The van der Waals surface area contributed by atoms with E-state index in [9.17, 15) is 13.2 Å². The molecule has 0 atom stereocenters. The Kier molecular flexibility index (Phi) is 6.67. The normalized spacial score (nSPS) is 15.1. The zero-order chi connectivity index (χ0) is 21.9. The van der Waals surface area contributed by atoms with Crippen molar-refractivity contribution in [1.82, 2.24) is 9.62 Å². The van der Waals surface area contributed by atoms with Crippen LogP contribution in [-0.4, -0.2) is 52.6 Å². The topological polar surface area (TPSA) is 84.9 Å². The minimum Gasteiger partial charge on any atom is -0.493 e. The summed E-state index contributed by atoms with van der Waals surface area (Å²) in [6, 6.07) is 10.00. The maximum atomic E-state index is 12.8. The molecule has 1 fully saturated rings. The van der Waals surface area contributed by atoms with E-state index in [1.165, 1.54) is 7.11 Å². The number of hydrogen-bond acceptors (Lipinski definition) is 5. The van der Waals surface area contributed by atoms with E-state index in [1.807, 2.05) is 19.9 Å². The van der Waals surface area contributed by atoms with Crippen molar-refractivity contribution >= 4 is 15.9 Å². The molecule has 0 saturated carbocycles. The highest BCUT2D eigenvalue weighted by Crippen LogP contribution is 2.28. The van der Waals surface area contributed by atoms with E-state index in [0.717, 1.165) is 11.1 Å². The monoisotopic (exact) mass is 432 g/mol. The van der Waals surface area contributed by atoms with E-state index in [-0.39, 0.29) is 16.8 Å². The number of nitrogens with one attached hydrogen (secondary N) is 1. The fourth-order valence-electron chi connectivity index (χ4n) is 3.52. The average molecular weight is 433 g/mol. The maximum absolute atomic E-state index is 12.8. The molecule has 1 N–H and O–H groups in total. The summed E-state index contributed by atoms with van der Waals surface area (Å²) in [6.45, 7) is 4.80. The molecule has 30 heavy (non-hydrogen) atoms. The smallest absolute Gasteiger partial charge is 0.253 e. The van der Waals surface area contributed by atoms with Crippen LogP contribution in [0.25, 0.3) is 0 Å². The minimum atomic E-state index is -3.59. The quantitative estimate of drug-likeness (QED) is 0.759. The summed E-state index contributed by atoms with van der Waals surface area (Å²) in [6.07, 6.45) is 1.12. The Hall–Kier alpha value is -2.58. The van der Waals surface area contributed by atoms with Crippen molar-refractivity contribution in [3.63, 3.8) is 0 Å². The van der Waals surface area contributed by atoms with E-state index >= 15 is 0 Å². The lowest BCUT2D eigenvalue weighted by molar-refractivity contribution is 0.0711. The predicted molar refractivity (Wildman–Crippen MR) is 115 cm³/mol. The Labute approximate surface area is 178 Å². The van der Waals surface area contributed by atoms with Gasteiger partial charge in [-0.3, -0.25) is 4.79 Å². The first-order chi connectivity index (χ1) is 14.2. The Morgan fingerprint density at radius 2 is 1.63 bits per heavy atom. The summed E-state index contributed by atoms with van der Waals surface area (Å²) in [7, 11) is -0.518. The third kappa shape index (κ3) is 4.76. The zero-order valence-corrected chi connectivity index (χ0v) is 18.6. The molecule has 1 aliphatic rings. The molecule has 1 heterocycles. The van der Waals surface area contributed by atoms with Crippen LogP contribution < -0.4 is 14.2 Å². The third-order valence-corrected chi connectivity index (χ3v) is 7.04. The van der Waals surface area contributed by atoms with Crippen molar-refractivity contribution in [2.24, 2.45) is 0 Å². The molecule has 2 aromatic carbocycles. The van der Waals surface area contributed by atoms with Gasteiger partial charge in [0.15, 0.2) is 11.5 Å². The number of carbonyl (C=O) groups excluding carboxylic acids is 1. The summed E-state index contributed by atoms with van der Waals surface area (Å²) in [5.74, 6) is 0.958. The van der Waals surface area contributed by atoms with Gasteiger partial charge in [0, 0.05) is 24.7 Å². The SMILES string of the molecule is COc1ccc(C(=O)N2CCC(NS(=O)(=O)c3ccc(C)c(C)c3)CC2)cc1OC. The molecule has 1 aliphatic heterocycles. The maximum Gasteiger partial charge on any atom is 0.253 e. The number of hydrogen-bond donors (Lipinski definition) is 1. The molecule has 0 unspecified atom stereocenters. The summed E-state index contributed by atoms with van der Waals surface area (Å²) in [5.41, 5.74) is 2.51. The van der Waals surface area contributed by atoms with Crippen LogP contribution in [0.3, 0.4) is 0 Å². The second-order valence-electron chi connectivity index (χ2n) is 7.50. The fraction of sp³-hybridized carbons (Fsp3) is 0.409. The van der Waals surface area contributed by atoms with E-state index in [0.29, 0.717) is 43.0 Å². The number of rotatable bonds is 6. The zero-order valence-electron chi connectivity index (χ0n) is 17.8. The number of benzene rings is 2. The Morgan fingerprint density at radius 3 is 2.23 bits per heavy atom. The van der Waals surface area contributed by atoms with Crippen molar-refractivity contribution < 1.29 is 22.7 Å². The number of nitrogens with zero attached hydrogens (tertiary/aromatic N) is 1. The van der Waals surface area contributed by atoms with Crippen LogP contribution in [0.1, 0.15) is 34.3 Å². The molecule has 0 aliphatic carbocycles. The van der Waals surface area contributed by atoms with Crippen molar-refractivity contribution in [1.29, 1.82) is 0 Å². The second-order valence-corrected chi connectivity index (χ2v) is 9.22. The van der Waals surface area contributed by atoms with Crippen LogP contribution in [0.2, 0.25) is 0 Å². The van der Waals surface area contributed by atoms with Gasteiger partial charge in [-0.05, 0) is 68.1 Å². The van der Waals surface area contributed by atoms with Gasteiger partial charge in [-0.1, -0.05) is 6.07 Å². The van der Waals surface area contributed by atoms with E-state index in [1.54, 1.807) is 42.3 Å². The number of methoxy groups -OCH3 is 2. The summed E-state index contributed by atoms with van der Waals surface area (Å²) >= 11 is 0. The molecule has 1 saturated heterocycles. The molecular formula is C22H28N2O5S. The molecule has 0 aromatic heterocycles. The summed E-state index contributed by atoms with van der Waals surface area (Å²) in [4.78, 5) is 14.9. The largest absolute Gasteiger partial charge is 0.493 e. The number of likely N-dealkylation sites (tertiary alicyclic amines) is 1. The standard InChI is InChI=1S/C22H28N2O5S/c1-15-5-7-19(13-16(15)2)30(26,27)23-18-9-11-24(12-10-18)22(25)17-6-8-20(28-3)21(14-17)29-4/h5-8,13-14,18,23H,9-12H2,1-4H3. The molecule has 0 radical (unpaired) electrons. The highest BCUT2D eigenvalue weighted by molar-refractivity contribution is 7.89. The van der Waals surface area contributed by atoms with Crippen molar-refractivity contribution in [3.05, 3.63) is 53.1 Å². The minimum absolute atomic E-state index is 0.105. The first-order valence-corrected chi connectivity index (χ1v) is 11.3. The van der Waals surface area contributed by atoms with Gasteiger partial charge in [-0.2, -0.15) is 0 Å². The lowest BCUT2D eigenvalue weighted by atomic mass is 10.0. The van der Waals surface area contributed by atoms with Crippen LogP contribution in [0, 0.1) is 13.8 Å². The van der Waals surface area contributed by atoms with E-state index < -0.39 is 10.0 Å². The molecule has 0 bridgehead atoms. The molecule has 2 aromatic rings. The number of piperidine rings is 1. The summed E-state index contributed by atoms with van der Waals surface area (Å²) in [5, 5.41) is 0. The van der Waals surface area contributed by atoms with Crippen molar-refractivity contribution in [2.75, 3.05) is 27.3 Å². The number of amides is 1. The number of sulfonamides is 1. The fourth-order valence-corrected chi connectivity index (χ4v) is 4.91. The highest BCUT2D eigenvalue weighted by atomic mass is 32.2. The molecule has 162 valence electrons. The second kappa shape index (κ2) is 9.06. The molecule has 1 amide bonds. The van der Waals surface area contributed by atoms with Crippen LogP contribution in [0.5, 0.6) is 11.5 Å². The van der Waals surface area contributed by atoms with Crippen LogP contribution in [0.15, 0.2) is 41.3 Å². The lowest BCUT2D eigenvalue weighted by Gasteiger charge is -2.32.